The molecule has 1 nitrogen and oxygen atoms in total. The molecular formula is C4H7BrO. The molecule has 0 aliphatic carbocycles. The number of hydrogen-bond acceptors (Lipinski definition) is 1. The maximum atomic E-state index is 8.22. The Hall–Kier alpha value is 0.180. The summed E-state index contributed by atoms with van der Waals surface area (Å²) in [4.78, 5) is 0.0671. The van der Waals surface area contributed by atoms with Crippen LogP contribution in [0.1, 0.15) is 0 Å². The average Bonchev–Trinajstić information content (AvgIpc) is 1.65. The van der Waals surface area contributed by atoms with Gasteiger partial charge in [0.1, 0.15) is 0 Å². The van der Waals surface area contributed by atoms with Gasteiger partial charge in [-0.05, 0) is 0 Å². The number of alkyl halides is 1. The van der Waals surface area contributed by atoms with Gasteiger partial charge in [0, 0.05) is 0 Å². The highest BCUT2D eigenvalue weighted by Crippen LogP contribution is 1.95. The Balaban J connectivity index is 2.96. The van der Waals surface area contributed by atoms with E-state index in [9.17, 15) is 0 Å². The Kier molecular flexibility index (Phi) is 3.47. The van der Waals surface area contributed by atoms with Crippen LogP contribution in [0.15, 0.2) is 12.7 Å². The zero-order valence-corrected chi connectivity index (χ0v) is 4.98. The Morgan fingerprint density at radius 1 is 2.00 bits per heavy atom. The van der Waals surface area contributed by atoms with Crippen LogP contribution in [0.25, 0.3) is 0 Å². The SMILES string of the molecule is C=CC(Br)CO. The predicted octanol–water partition coefficient (Wildman–Crippen LogP) is 0.928. The van der Waals surface area contributed by atoms with Crippen molar-refractivity contribution in [1.29, 1.82) is 0 Å². The molecule has 0 heterocycles. The molecule has 0 saturated carbocycles. The van der Waals surface area contributed by atoms with Crippen LogP contribution in [-0.2, 0) is 0 Å². The second kappa shape index (κ2) is 3.37. The van der Waals surface area contributed by atoms with Gasteiger partial charge in [0.25, 0.3) is 0 Å². The van der Waals surface area contributed by atoms with E-state index in [1.165, 1.54) is 0 Å². The molecule has 6 heavy (non-hydrogen) atoms. The second-order valence-corrected chi connectivity index (χ2v) is 2.11. The molecule has 0 amide bonds. The first kappa shape index (κ1) is 6.18. The van der Waals surface area contributed by atoms with Gasteiger partial charge in [0.15, 0.2) is 0 Å². The van der Waals surface area contributed by atoms with E-state index < -0.39 is 0 Å². The molecular weight excluding hydrogens is 144 g/mol. The van der Waals surface area contributed by atoms with Crippen molar-refractivity contribution in [1.82, 2.24) is 0 Å². The van der Waals surface area contributed by atoms with Crippen LogP contribution < -0.4 is 0 Å². The van der Waals surface area contributed by atoms with Gasteiger partial charge in [-0.2, -0.15) is 0 Å². The molecule has 0 saturated heterocycles. The van der Waals surface area contributed by atoms with E-state index in [1.54, 1.807) is 6.08 Å². The third-order valence-electron chi connectivity index (χ3n) is 0.430. The van der Waals surface area contributed by atoms with Crippen LogP contribution in [0, 0.1) is 0 Å². The molecule has 0 fully saturated rings. The van der Waals surface area contributed by atoms with Crippen molar-refractivity contribution in [2.45, 2.75) is 4.83 Å². The van der Waals surface area contributed by atoms with Gasteiger partial charge in [0.2, 0.25) is 0 Å². The van der Waals surface area contributed by atoms with Crippen molar-refractivity contribution in [3.8, 4) is 0 Å². The largest absolute Gasteiger partial charge is 0.395 e. The Morgan fingerprint density at radius 2 is 2.50 bits per heavy atom. The van der Waals surface area contributed by atoms with Gasteiger partial charge in [-0.15, -0.1) is 6.58 Å². The molecule has 0 aromatic heterocycles. The predicted molar refractivity (Wildman–Crippen MR) is 30.0 cm³/mol. The standard InChI is InChI=1S/C4H7BrO/c1-2-4(5)3-6/h2,4,6H,1,3H2. The summed E-state index contributed by atoms with van der Waals surface area (Å²) in [5, 5.41) is 8.22. The van der Waals surface area contributed by atoms with Gasteiger partial charge in [-0.1, -0.05) is 22.0 Å². The Bertz CT molecular complexity index is 44.8. The molecule has 0 aliphatic rings. The van der Waals surface area contributed by atoms with E-state index in [1.807, 2.05) is 0 Å². The molecule has 0 bridgehead atoms. The van der Waals surface area contributed by atoms with E-state index in [-0.39, 0.29) is 11.4 Å². The molecule has 2 heteroatoms. The zero-order chi connectivity index (χ0) is 4.99. The fourth-order valence-electron chi connectivity index (χ4n) is 0.0745. The molecule has 1 N–H and O–H groups in total. The summed E-state index contributed by atoms with van der Waals surface area (Å²) in [6.07, 6.45) is 1.64. The summed E-state index contributed by atoms with van der Waals surface area (Å²) in [6.45, 7) is 3.55. The van der Waals surface area contributed by atoms with Crippen molar-refractivity contribution >= 4 is 15.9 Å². The van der Waals surface area contributed by atoms with Crippen LogP contribution in [0.4, 0.5) is 0 Å². The normalized spacial score (nSPS) is 13.7. The van der Waals surface area contributed by atoms with Crippen molar-refractivity contribution in [2.24, 2.45) is 0 Å². The maximum absolute atomic E-state index is 8.22. The van der Waals surface area contributed by atoms with E-state index >= 15 is 0 Å². The summed E-state index contributed by atoms with van der Waals surface area (Å²) in [5.74, 6) is 0. The monoisotopic (exact) mass is 150 g/mol. The first-order chi connectivity index (χ1) is 2.81. The maximum Gasteiger partial charge on any atom is 0.0591 e. The molecule has 0 spiro atoms. The molecule has 1 atom stereocenters. The minimum absolute atomic E-state index is 0.0671. The van der Waals surface area contributed by atoms with Crippen LogP contribution in [0.2, 0.25) is 0 Å². The average molecular weight is 151 g/mol. The van der Waals surface area contributed by atoms with Crippen molar-refractivity contribution in [3.63, 3.8) is 0 Å². The lowest BCUT2D eigenvalue weighted by Gasteiger charge is -1.90. The van der Waals surface area contributed by atoms with Gasteiger partial charge in [-0.25, -0.2) is 0 Å². The van der Waals surface area contributed by atoms with Crippen molar-refractivity contribution < 1.29 is 5.11 Å². The first-order valence-electron chi connectivity index (χ1n) is 1.68. The number of halogens is 1. The Labute approximate surface area is 45.8 Å². The lowest BCUT2D eigenvalue weighted by Crippen LogP contribution is -1.96. The first-order valence-corrected chi connectivity index (χ1v) is 2.60. The van der Waals surface area contributed by atoms with Crippen LogP contribution in [0.5, 0.6) is 0 Å². The minimum atomic E-state index is 0.0671. The molecule has 36 valence electrons. The van der Waals surface area contributed by atoms with Crippen molar-refractivity contribution in [3.05, 3.63) is 12.7 Å². The highest BCUT2D eigenvalue weighted by molar-refractivity contribution is 9.09. The molecule has 0 aromatic rings. The molecule has 1 unspecified atom stereocenters. The number of aliphatic hydroxyl groups is 1. The summed E-state index contributed by atoms with van der Waals surface area (Å²) < 4.78 is 0. The van der Waals surface area contributed by atoms with Crippen LogP contribution >= 0.6 is 15.9 Å². The topological polar surface area (TPSA) is 20.2 Å². The number of hydrogen-bond donors (Lipinski definition) is 1. The fourth-order valence-corrected chi connectivity index (χ4v) is 0.0745. The zero-order valence-electron chi connectivity index (χ0n) is 3.39. The summed E-state index contributed by atoms with van der Waals surface area (Å²) in [6, 6.07) is 0. The molecule has 0 aromatic carbocycles. The van der Waals surface area contributed by atoms with Crippen molar-refractivity contribution in [2.75, 3.05) is 6.61 Å². The van der Waals surface area contributed by atoms with Gasteiger partial charge >= 0.3 is 0 Å². The quantitative estimate of drug-likeness (QED) is 0.459. The summed E-state index contributed by atoms with van der Waals surface area (Å²) in [5.41, 5.74) is 0. The summed E-state index contributed by atoms with van der Waals surface area (Å²) in [7, 11) is 0. The summed E-state index contributed by atoms with van der Waals surface area (Å²) >= 11 is 3.11. The minimum Gasteiger partial charge on any atom is -0.395 e. The van der Waals surface area contributed by atoms with Crippen LogP contribution in [0.3, 0.4) is 0 Å². The second-order valence-electron chi connectivity index (χ2n) is 0.934. The lowest BCUT2D eigenvalue weighted by atomic mass is 10.5. The number of aliphatic hydroxyl groups excluding tert-OH is 1. The number of rotatable bonds is 2. The fraction of sp³-hybridized carbons (Fsp3) is 0.500. The van der Waals surface area contributed by atoms with Gasteiger partial charge < -0.3 is 5.11 Å². The van der Waals surface area contributed by atoms with Gasteiger partial charge in [-0.3, -0.25) is 0 Å². The highest BCUT2D eigenvalue weighted by Gasteiger charge is 1.88. The smallest absolute Gasteiger partial charge is 0.0591 e. The third-order valence-corrected chi connectivity index (χ3v) is 1.09. The van der Waals surface area contributed by atoms with E-state index in [0.717, 1.165) is 0 Å². The third kappa shape index (κ3) is 2.42. The lowest BCUT2D eigenvalue weighted by molar-refractivity contribution is 0.309. The van der Waals surface area contributed by atoms with Crippen LogP contribution in [-0.4, -0.2) is 16.5 Å². The highest BCUT2D eigenvalue weighted by atomic mass is 79.9. The molecule has 0 radical (unpaired) electrons. The van der Waals surface area contributed by atoms with E-state index in [4.69, 9.17) is 5.11 Å². The van der Waals surface area contributed by atoms with E-state index in [0.29, 0.717) is 0 Å². The molecule has 0 rings (SSSR count). The van der Waals surface area contributed by atoms with Gasteiger partial charge in [0.05, 0.1) is 11.4 Å². The van der Waals surface area contributed by atoms with E-state index in [2.05, 4.69) is 22.5 Å². The Morgan fingerprint density at radius 3 is 2.50 bits per heavy atom. The molecule has 0 aliphatic heterocycles.